The average molecular weight is 257 g/mol. The number of alkyl halides is 1. The minimum atomic E-state index is 0.578. The highest BCUT2D eigenvalue weighted by Gasteiger charge is 2.09. The molecule has 0 amide bonds. The van der Waals surface area contributed by atoms with Gasteiger partial charge in [0.25, 0.3) is 0 Å². The van der Waals surface area contributed by atoms with Gasteiger partial charge >= 0.3 is 0 Å². The molecule has 98 valence electrons. The molecule has 0 atom stereocenters. The first-order valence-corrected chi connectivity index (χ1v) is 7.33. The Labute approximate surface area is 110 Å². The Morgan fingerprint density at radius 3 is 2.29 bits per heavy atom. The Kier molecular flexibility index (Phi) is 6.64. The van der Waals surface area contributed by atoms with E-state index in [1.807, 2.05) is 6.92 Å². The van der Waals surface area contributed by atoms with Gasteiger partial charge < -0.3 is 0 Å². The zero-order valence-electron chi connectivity index (χ0n) is 11.4. The largest absolute Gasteiger partial charge is 0.269 e. The highest BCUT2D eigenvalue weighted by molar-refractivity contribution is 6.17. The molecule has 1 aromatic rings. The minimum absolute atomic E-state index is 0.578. The van der Waals surface area contributed by atoms with E-state index in [1.54, 1.807) is 0 Å². The van der Waals surface area contributed by atoms with E-state index in [-0.39, 0.29) is 0 Å². The third kappa shape index (κ3) is 4.34. The molecule has 0 radical (unpaired) electrons. The summed E-state index contributed by atoms with van der Waals surface area (Å²) in [5.41, 5.74) is 3.53. The SMILES string of the molecule is CCCCCCCCn1nc(C)c(CCl)c1C. The topological polar surface area (TPSA) is 17.8 Å². The molecular formula is C14H25ClN2. The van der Waals surface area contributed by atoms with Crippen LogP contribution in [0.2, 0.25) is 0 Å². The highest BCUT2D eigenvalue weighted by Crippen LogP contribution is 2.16. The van der Waals surface area contributed by atoms with Crippen LogP contribution in [0.5, 0.6) is 0 Å². The lowest BCUT2D eigenvalue weighted by Crippen LogP contribution is -2.02. The Balaban J connectivity index is 2.32. The summed E-state index contributed by atoms with van der Waals surface area (Å²) in [5, 5.41) is 4.55. The zero-order valence-corrected chi connectivity index (χ0v) is 12.2. The van der Waals surface area contributed by atoms with E-state index in [2.05, 4.69) is 23.6 Å². The highest BCUT2D eigenvalue weighted by atomic mass is 35.5. The molecule has 3 heteroatoms. The third-order valence-corrected chi connectivity index (χ3v) is 3.66. The second-order valence-electron chi connectivity index (χ2n) is 4.77. The molecule has 0 spiro atoms. The van der Waals surface area contributed by atoms with Crippen LogP contribution in [0.15, 0.2) is 0 Å². The molecule has 0 aromatic carbocycles. The maximum Gasteiger partial charge on any atom is 0.0640 e. The van der Waals surface area contributed by atoms with Gasteiger partial charge in [-0.15, -0.1) is 11.6 Å². The van der Waals surface area contributed by atoms with Crippen LogP contribution in [0.4, 0.5) is 0 Å². The lowest BCUT2D eigenvalue weighted by atomic mass is 10.1. The van der Waals surface area contributed by atoms with Crippen molar-refractivity contribution in [3.63, 3.8) is 0 Å². The fourth-order valence-corrected chi connectivity index (χ4v) is 2.57. The summed E-state index contributed by atoms with van der Waals surface area (Å²) in [6, 6.07) is 0. The van der Waals surface area contributed by atoms with Crippen LogP contribution in [0, 0.1) is 13.8 Å². The van der Waals surface area contributed by atoms with Crippen molar-refractivity contribution >= 4 is 11.6 Å². The number of hydrogen-bond acceptors (Lipinski definition) is 1. The number of unbranched alkanes of at least 4 members (excludes halogenated alkanes) is 5. The zero-order chi connectivity index (χ0) is 12.7. The molecule has 0 aliphatic heterocycles. The third-order valence-electron chi connectivity index (χ3n) is 3.39. The van der Waals surface area contributed by atoms with Crippen molar-refractivity contribution in [2.75, 3.05) is 0 Å². The van der Waals surface area contributed by atoms with Crippen LogP contribution in [0.1, 0.15) is 62.4 Å². The summed E-state index contributed by atoms with van der Waals surface area (Å²) in [7, 11) is 0. The van der Waals surface area contributed by atoms with E-state index in [4.69, 9.17) is 11.6 Å². The predicted octanol–water partition coefficient (Wildman–Crippen LogP) is 4.60. The minimum Gasteiger partial charge on any atom is -0.269 e. The van der Waals surface area contributed by atoms with Crippen molar-refractivity contribution in [2.45, 2.75) is 71.7 Å². The van der Waals surface area contributed by atoms with Crippen molar-refractivity contribution in [3.8, 4) is 0 Å². The second kappa shape index (κ2) is 7.75. The van der Waals surface area contributed by atoms with Crippen molar-refractivity contribution in [1.82, 2.24) is 9.78 Å². The number of aromatic nitrogens is 2. The van der Waals surface area contributed by atoms with Gasteiger partial charge in [0.05, 0.1) is 11.6 Å². The van der Waals surface area contributed by atoms with Crippen LogP contribution in [0.25, 0.3) is 0 Å². The molecular weight excluding hydrogens is 232 g/mol. The summed E-state index contributed by atoms with van der Waals surface area (Å²) < 4.78 is 2.12. The Morgan fingerprint density at radius 1 is 1.06 bits per heavy atom. The molecule has 0 bridgehead atoms. The molecule has 0 fully saturated rings. The molecule has 1 heterocycles. The molecule has 2 nitrogen and oxygen atoms in total. The van der Waals surface area contributed by atoms with E-state index in [0.29, 0.717) is 5.88 Å². The average Bonchev–Trinajstić information content (AvgIpc) is 2.58. The summed E-state index contributed by atoms with van der Waals surface area (Å²) in [5.74, 6) is 0.578. The van der Waals surface area contributed by atoms with E-state index in [1.165, 1.54) is 49.8 Å². The van der Waals surface area contributed by atoms with Gasteiger partial charge in [0.1, 0.15) is 0 Å². The normalized spacial score (nSPS) is 11.1. The molecule has 0 saturated heterocycles. The summed E-state index contributed by atoms with van der Waals surface area (Å²) in [6.07, 6.45) is 7.96. The number of hydrogen-bond donors (Lipinski definition) is 0. The molecule has 1 rings (SSSR count). The smallest absolute Gasteiger partial charge is 0.0640 e. The number of aryl methyl sites for hydroxylation is 2. The fourth-order valence-electron chi connectivity index (χ4n) is 2.19. The summed E-state index contributed by atoms with van der Waals surface area (Å²) in [4.78, 5) is 0. The van der Waals surface area contributed by atoms with Crippen LogP contribution in [-0.2, 0) is 12.4 Å². The van der Waals surface area contributed by atoms with E-state index < -0.39 is 0 Å². The van der Waals surface area contributed by atoms with E-state index in [9.17, 15) is 0 Å². The van der Waals surface area contributed by atoms with Gasteiger partial charge in [-0.2, -0.15) is 5.10 Å². The molecule has 0 aliphatic rings. The molecule has 1 aromatic heterocycles. The molecule has 0 saturated carbocycles. The Hall–Kier alpha value is -0.500. The van der Waals surface area contributed by atoms with Gasteiger partial charge in [-0.25, -0.2) is 0 Å². The van der Waals surface area contributed by atoms with Crippen LogP contribution in [0.3, 0.4) is 0 Å². The monoisotopic (exact) mass is 256 g/mol. The summed E-state index contributed by atoms with van der Waals surface area (Å²) >= 11 is 5.92. The van der Waals surface area contributed by atoms with Crippen LogP contribution in [-0.4, -0.2) is 9.78 Å². The molecule has 17 heavy (non-hydrogen) atoms. The van der Waals surface area contributed by atoms with Crippen molar-refractivity contribution < 1.29 is 0 Å². The van der Waals surface area contributed by atoms with Gasteiger partial charge in [-0.05, 0) is 20.3 Å². The summed E-state index contributed by atoms with van der Waals surface area (Å²) in [6.45, 7) is 7.45. The van der Waals surface area contributed by atoms with Crippen LogP contribution >= 0.6 is 11.6 Å². The van der Waals surface area contributed by atoms with Gasteiger partial charge in [-0.1, -0.05) is 39.0 Å². The Morgan fingerprint density at radius 2 is 1.71 bits per heavy atom. The standard InChI is InChI=1S/C14H25ClN2/c1-4-5-6-7-8-9-10-17-13(3)14(11-15)12(2)16-17/h4-11H2,1-3H3. The molecule has 0 aliphatic carbocycles. The number of halogens is 1. The first kappa shape index (κ1) is 14.6. The van der Waals surface area contributed by atoms with Gasteiger partial charge in [0.15, 0.2) is 0 Å². The first-order valence-electron chi connectivity index (χ1n) is 6.79. The lowest BCUT2D eigenvalue weighted by Gasteiger charge is -2.04. The van der Waals surface area contributed by atoms with E-state index in [0.717, 1.165) is 12.2 Å². The Bertz CT molecular complexity index is 331. The number of nitrogens with zero attached hydrogens (tertiary/aromatic N) is 2. The van der Waals surface area contributed by atoms with Crippen molar-refractivity contribution in [2.24, 2.45) is 0 Å². The number of rotatable bonds is 8. The predicted molar refractivity (Wildman–Crippen MR) is 74.6 cm³/mol. The fraction of sp³-hybridized carbons (Fsp3) is 0.786. The lowest BCUT2D eigenvalue weighted by molar-refractivity contribution is 0.517. The van der Waals surface area contributed by atoms with Crippen LogP contribution < -0.4 is 0 Å². The van der Waals surface area contributed by atoms with Crippen molar-refractivity contribution in [1.29, 1.82) is 0 Å². The van der Waals surface area contributed by atoms with Crippen molar-refractivity contribution in [3.05, 3.63) is 17.0 Å². The second-order valence-corrected chi connectivity index (χ2v) is 5.04. The maximum atomic E-state index is 5.92. The van der Waals surface area contributed by atoms with E-state index >= 15 is 0 Å². The van der Waals surface area contributed by atoms with Gasteiger partial charge in [-0.3, -0.25) is 4.68 Å². The molecule has 0 N–H and O–H groups in total. The quantitative estimate of drug-likeness (QED) is 0.491. The molecule has 0 unspecified atom stereocenters. The maximum absolute atomic E-state index is 5.92. The van der Waals surface area contributed by atoms with Gasteiger partial charge in [0, 0.05) is 17.8 Å². The van der Waals surface area contributed by atoms with Gasteiger partial charge in [0.2, 0.25) is 0 Å². The first-order chi connectivity index (χ1) is 8.20.